The lowest BCUT2D eigenvalue weighted by Crippen LogP contribution is -2.43. The van der Waals surface area contributed by atoms with E-state index in [4.69, 9.17) is 4.74 Å². The van der Waals surface area contributed by atoms with Crippen LogP contribution in [0.5, 0.6) is 0 Å². The predicted molar refractivity (Wildman–Crippen MR) is 98.2 cm³/mol. The van der Waals surface area contributed by atoms with Crippen LogP contribution in [0.1, 0.15) is 17.2 Å². The third-order valence-electron chi connectivity index (χ3n) is 4.70. The second kappa shape index (κ2) is 8.78. The molecule has 0 bridgehead atoms. The quantitative estimate of drug-likeness (QED) is 0.713. The smallest absolute Gasteiger partial charge is 0.379 e. The van der Waals surface area contributed by atoms with Crippen molar-refractivity contribution in [1.82, 2.24) is 9.62 Å². The van der Waals surface area contributed by atoms with E-state index in [1.807, 2.05) is 4.90 Å². The van der Waals surface area contributed by atoms with Gasteiger partial charge in [0.2, 0.25) is 10.0 Å². The Kier molecular flexibility index (Phi) is 6.57. The number of rotatable bonds is 6. The molecule has 5 nitrogen and oxygen atoms in total. The molecule has 10 heteroatoms. The summed E-state index contributed by atoms with van der Waals surface area (Å²) in [7, 11) is -4.02. The Morgan fingerprint density at radius 2 is 1.59 bits per heavy atom. The first kappa shape index (κ1) is 21.7. The zero-order valence-corrected chi connectivity index (χ0v) is 16.1. The van der Waals surface area contributed by atoms with E-state index in [-0.39, 0.29) is 17.5 Å². The number of alkyl halides is 3. The Hall–Kier alpha value is -2.01. The van der Waals surface area contributed by atoms with Gasteiger partial charge in [0.15, 0.2) is 0 Å². The summed E-state index contributed by atoms with van der Waals surface area (Å²) in [5.41, 5.74) is -0.197. The number of hydrogen-bond donors (Lipinski definition) is 1. The highest BCUT2D eigenvalue weighted by atomic mass is 32.2. The lowest BCUT2D eigenvalue weighted by atomic mass is 10.0. The minimum atomic E-state index is -4.54. The first-order valence-electron chi connectivity index (χ1n) is 8.91. The molecule has 1 N–H and O–H groups in total. The van der Waals surface area contributed by atoms with Gasteiger partial charge < -0.3 is 4.74 Å². The molecule has 0 radical (unpaired) electrons. The van der Waals surface area contributed by atoms with E-state index in [1.54, 1.807) is 12.1 Å². The van der Waals surface area contributed by atoms with Gasteiger partial charge in [-0.25, -0.2) is 17.5 Å². The number of hydrogen-bond acceptors (Lipinski definition) is 4. The van der Waals surface area contributed by atoms with Crippen molar-refractivity contribution in [2.24, 2.45) is 0 Å². The van der Waals surface area contributed by atoms with Crippen LogP contribution in [-0.2, 0) is 20.9 Å². The SMILES string of the molecule is O=S(=O)(NCC(c1ccc(F)cc1)N1CCOCC1)c1ccc(C(F)(F)F)cc1. The van der Waals surface area contributed by atoms with Crippen LogP contribution in [-0.4, -0.2) is 46.2 Å². The van der Waals surface area contributed by atoms with Gasteiger partial charge in [-0.15, -0.1) is 0 Å². The molecule has 1 heterocycles. The van der Waals surface area contributed by atoms with Crippen LogP contribution >= 0.6 is 0 Å². The van der Waals surface area contributed by atoms with Crippen molar-refractivity contribution in [3.8, 4) is 0 Å². The molecule has 0 spiro atoms. The lowest BCUT2D eigenvalue weighted by molar-refractivity contribution is -0.137. The molecule has 0 aromatic heterocycles. The van der Waals surface area contributed by atoms with Crippen LogP contribution in [0.2, 0.25) is 0 Å². The second-order valence-corrected chi connectivity index (χ2v) is 8.36. The Morgan fingerprint density at radius 1 is 1.00 bits per heavy atom. The topological polar surface area (TPSA) is 58.6 Å². The van der Waals surface area contributed by atoms with E-state index >= 15 is 0 Å². The van der Waals surface area contributed by atoms with Gasteiger partial charge in [-0.05, 0) is 42.0 Å². The number of nitrogens with one attached hydrogen (secondary N) is 1. The van der Waals surface area contributed by atoms with Gasteiger partial charge in [-0.2, -0.15) is 13.2 Å². The molecule has 1 atom stereocenters. The normalized spacial score (nSPS) is 17.2. The van der Waals surface area contributed by atoms with E-state index in [0.29, 0.717) is 26.3 Å². The second-order valence-electron chi connectivity index (χ2n) is 6.59. The van der Waals surface area contributed by atoms with E-state index in [0.717, 1.165) is 29.8 Å². The standard InChI is InChI=1S/C19H20F4N2O3S/c20-16-5-1-14(2-6-16)18(25-9-11-28-12-10-25)13-24-29(26,27)17-7-3-15(4-8-17)19(21,22)23/h1-8,18,24H,9-13H2. The largest absolute Gasteiger partial charge is 0.416 e. The highest BCUT2D eigenvalue weighted by Crippen LogP contribution is 2.30. The van der Waals surface area contributed by atoms with Crippen LogP contribution < -0.4 is 4.72 Å². The lowest BCUT2D eigenvalue weighted by Gasteiger charge is -2.34. The van der Waals surface area contributed by atoms with Gasteiger partial charge in [-0.3, -0.25) is 4.90 Å². The maximum atomic E-state index is 13.3. The Morgan fingerprint density at radius 3 is 2.14 bits per heavy atom. The van der Waals surface area contributed by atoms with Crippen LogP contribution in [0.3, 0.4) is 0 Å². The summed E-state index contributed by atoms with van der Waals surface area (Å²) in [6, 6.07) is 8.70. The molecule has 29 heavy (non-hydrogen) atoms. The Bertz CT molecular complexity index is 910. The number of halogens is 4. The number of ether oxygens (including phenoxy) is 1. The monoisotopic (exact) mass is 432 g/mol. The summed E-state index contributed by atoms with van der Waals surface area (Å²) >= 11 is 0. The molecule has 3 rings (SSSR count). The summed E-state index contributed by atoms with van der Waals surface area (Å²) in [5, 5.41) is 0. The van der Waals surface area contributed by atoms with Crippen LogP contribution in [0, 0.1) is 5.82 Å². The number of sulfonamides is 1. The van der Waals surface area contributed by atoms with Gasteiger partial charge in [0.05, 0.1) is 23.7 Å². The summed E-state index contributed by atoms with van der Waals surface area (Å²) in [4.78, 5) is 1.76. The Labute approximate surface area is 166 Å². The molecule has 1 saturated heterocycles. The molecule has 1 aliphatic heterocycles. The zero-order valence-electron chi connectivity index (χ0n) is 15.3. The molecule has 1 unspecified atom stereocenters. The molecular formula is C19H20F4N2O3S. The van der Waals surface area contributed by atoms with Crippen molar-refractivity contribution >= 4 is 10.0 Å². The fraction of sp³-hybridized carbons (Fsp3) is 0.368. The van der Waals surface area contributed by atoms with E-state index in [2.05, 4.69) is 4.72 Å². The molecule has 2 aromatic rings. The minimum Gasteiger partial charge on any atom is -0.379 e. The molecule has 0 saturated carbocycles. The minimum absolute atomic E-state index is 0.0189. The van der Waals surface area contributed by atoms with E-state index in [1.165, 1.54) is 12.1 Å². The summed E-state index contributed by atoms with van der Waals surface area (Å²) in [6.07, 6.45) is -4.54. The zero-order chi connectivity index (χ0) is 21.1. The molecule has 1 aliphatic rings. The van der Waals surface area contributed by atoms with Crippen molar-refractivity contribution in [3.05, 3.63) is 65.5 Å². The maximum Gasteiger partial charge on any atom is 0.416 e. The van der Waals surface area contributed by atoms with Crippen molar-refractivity contribution in [3.63, 3.8) is 0 Å². The van der Waals surface area contributed by atoms with Gasteiger partial charge in [0, 0.05) is 25.7 Å². The van der Waals surface area contributed by atoms with Crippen molar-refractivity contribution in [2.75, 3.05) is 32.8 Å². The number of nitrogens with zero attached hydrogens (tertiary/aromatic N) is 1. The average molecular weight is 432 g/mol. The molecule has 0 aliphatic carbocycles. The average Bonchev–Trinajstić information content (AvgIpc) is 2.70. The maximum absolute atomic E-state index is 13.3. The molecule has 0 amide bonds. The van der Waals surface area contributed by atoms with Gasteiger partial charge >= 0.3 is 6.18 Å². The fourth-order valence-electron chi connectivity index (χ4n) is 3.13. The fourth-order valence-corrected chi connectivity index (χ4v) is 4.17. The highest BCUT2D eigenvalue weighted by Gasteiger charge is 2.31. The van der Waals surface area contributed by atoms with Gasteiger partial charge in [0.25, 0.3) is 0 Å². The van der Waals surface area contributed by atoms with E-state index < -0.39 is 27.6 Å². The highest BCUT2D eigenvalue weighted by molar-refractivity contribution is 7.89. The third kappa shape index (κ3) is 5.53. The van der Waals surface area contributed by atoms with Crippen LogP contribution in [0.15, 0.2) is 53.4 Å². The molecule has 158 valence electrons. The predicted octanol–water partition coefficient (Wildman–Crippen LogP) is 3.20. The van der Waals surface area contributed by atoms with Crippen LogP contribution in [0.25, 0.3) is 0 Å². The number of benzene rings is 2. The van der Waals surface area contributed by atoms with E-state index in [9.17, 15) is 26.0 Å². The van der Waals surface area contributed by atoms with Gasteiger partial charge in [-0.1, -0.05) is 12.1 Å². The Balaban J connectivity index is 1.77. The first-order chi connectivity index (χ1) is 13.7. The first-order valence-corrected chi connectivity index (χ1v) is 10.4. The molecular weight excluding hydrogens is 412 g/mol. The summed E-state index contributed by atoms with van der Waals surface area (Å²) in [5.74, 6) is -0.403. The third-order valence-corrected chi connectivity index (χ3v) is 6.14. The van der Waals surface area contributed by atoms with Crippen LogP contribution in [0.4, 0.5) is 17.6 Å². The summed E-state index contributed by atoms with van der Waals surface area (Å²) < 4.78 is 84.3. The van der Waals surface area contributed by atoms with Crippen molar-refractivity contribution < 1.29 is 30.7 Å². The molecule has 2 aromatic carbocycles. The number of morpholine rings is 1. The summed E-state index contributed by atoms with van der Waals surface area (Å²) in [6.45, 7) is 2.11. The molecule has 1 fully saturated rings. The van der Waals surface area contributed by atoms with Gasteiger partial charge in [0.1, 0.15) is 5.82 Å². The van der Waals surface area contributed by atoms with Crippen molar-refractivity contribution in [1.29, 1.82) is 0 Å². The van der Waals surface area contributed by atoms with Crippen molar-refractivity contribution in [2.45, 2.75) is 17.1 Å².